The summed E-state index contributed by atoms with van der Waals surface area (Å²) in [6.45, 7) is 7.07. The highest BCUT2D eigenvalue weighted by molar-refractivity contribution is 5.77. The van der Waals surface area contributed by atoms with E-state index in [-0.39, 0.29) is 11.8 Å². The molecule has 0 aliphatic carbocycles. The smallest absolute Gasteiger partial charge is 0.410 e. The number of allylic oxidation sites excluding steroid dienone is 1. The lowest BCUT2D eigenvalue weighted by atomic mass is 9.93. The molecular formula is C20H27FN2O3. The first-order chi connectivity index (χ1) is 12.3. The Kier molecular flexibility index (Phi) is 5.12. The molecule has 1 aromatic rings. The Morgan fingerprint density at radius 3 is 2.81 bits per heavy atom. The highest BCUT2D eigenvalue weighted by atomic mass is 19.1. The van der Waals surface area contributed by atoms with Crippen LogP contribution in [0.1, 0.15) is 51.2 Å². The van der Waals surface area contributed by atoms with E-state index in [4.69, 9.17) is 15.2 Å². The second-order valence-electron chi connectivity index (χ2n) is 7.85. The minimum Gasteiger partial charge on any atom is -0.493 e. The van der Waals surface area contributed by atoms with Crippen LogP contribution in [0.5, 0.6) is 5.75 Å². The van der Waals surface area contributed by atoms with E-state index in [2.05, 4.69) is 0 Å². The molecule has 0 fully saturated rings. The number of nitrogens with zero attached hydrogens (tertiary/aromatic N) is 1. The van der Waals surface area contributed by atoms with Crippen LogP contribution in [0.25, 0.3) is 5.57 Å². The summed E-state index contributed by atoms with van der Waals surface area (Å²) in [5, 5.41) is 0. The van der Waals surface area contributed by atoms with Gasteiger partial charge < -0.3 is 20.1 Å². The molecule has 0 aromatic heterocycles. The van der Waals surface area contributed by atoms with Crippen LogP contribution in [0.3, 0.4) is 0 Å². The predicted molar refractivity (Wildman–Crippen MR) is 99.6 cm³/mol. The Hall–Kier alpha value is -2.24. The highest BCUT2D eigenvalue weighted by Crippen LogP contribution is 2.40. The van der Waals surface area contributed by atoms with Gasteiger partial charge in [-0.1, -0.05) is 6.08 Å². The Morgan fingerprint density at radius 1 is 1.31 bits per heavy atom. The molecule has 5 nitrogen and oxygen atoms in total. The van der Waals surface area contributed by atoms with Gasteiger partial charge in [0.05, 0.1) is 17.9 Å². The average Bonchev–Trinajstić information content (AvgIpc) is 2.80. The van der Waals surface area contributed by atoms with E-state index in [9.17, 15) is 9.18 Å². The summed E-state index contributed by atoms with van der Waals surface area (Å²) in [4.78, 5) is 14.0. The summed E-state index contributed by atoms with van der Waals surface area (Å²) in [6.07, 6.45) is 4.69. The van der Waals surface area contributed by atoms with Gasteiger partial charge in [0.25, 0.3) is 0 Å². The van der Waals surface area contributed by atoms with E-state index in [1.54, 1.807) is 11.0 Å². The van der Waals surface area contributed by atoms with Crippen molar-refractivity contribution >= 4 is 17.4 Å². The normalized spacial score (nSPS) is 17.7. The fourth-order valence-corrected chi connectivity index (χ4v) is 3.39. The molecule has 3 rings (SSSR count). The maximum absolute atomic E-state index is 14.8. The lowest BCUT2D eigenvalue weighted by molar-refractivity contribution is 0.0273. The number of aryl methyl sites for hydroxylation is 1. The first-order valence-corrected chi connectivity index (χ1v) is 9.17. The molecule has 0 atom stereocenters. The minimum atomic E-state index is -0.539. The molecule has 6 heteroatoms. The van der Waals surface area contributed by atoms with Crippen molar-refractivity contribution in [3.8, 4) is 5.75 Å². The van der Waals surface area contributed by atoms with Crippen molar-refractivity contribution in [1.82, 2.24) is 4.90 Å². The van der Waals surface area contributed by atoms with Crippen molar-refractivity contribution < 1.29 is 18.7 Å². The monoisotopic (exact) mass is 362 g/mol. The molecule has 0 unspecified atom stereocenters. The number of hydrogen-bond donors (Lipinski definition) is 1. The van der Waals surface area contributed by atoms with Crippen LogP contribution in [-0.4, -0.2) is 36.3 Å². The fraction of sp³-hybridized carbons (Fsp3) is 0.550. The molecule has 0 saturated carbocycles. The number of hydrogen-bond acceptors (Lipinski definition) is 4. The largest absolute Gasteiger partial charge is 0.493 e. The third kappa shape index (κ3) is 3.94. The van der Waals surface area contributed by atoms with Crippen LogP contribution in [0.15, 0.2) is 12.1 Å². The topological polar surface area (TPSA) is 64.8 Å². The van der Waals surface area contributed by atoms with Gasteiger partial charge in [0.2, 0.25) is 0 Å². The second-order valence-corrected chi connectivity index (χ2v) is 7.85. The molecule has 0 spiro atoms. The number of rotatable bonds is 1. The molecule has 0 bridgehead atoms. The van der Waals surface area contributed by atoms with Gasteiger partial charge in [0.15, 0.2) is 5.82 Å². The maximum atomic E-state index is 14.8. The van der Waals surface area contributed by atoms with Gasteiger partial charge in [-0.05, 0) is 63.7 Å². The van der Waals surface area contributed by atoms with E-state index in [1.165, 1.54) is 0 Å². The number of ether oxygens (including phenoxy) is 2. The first kappa shape index (κ1) is 18.5. The number of fused-ring (bicyclic) bond motifs is 1. The average molecular weight is 362 g/mol. The van der Waals surface area contributed by atoms with Gasteiger partial charge >= 0.3 is 6.09 Å². The highest BCUT2D eigenvalue weighted by Gasteiger charge is 2.27. The van der Waals surface area contributed by atoms with Crippen LogP contribution >= 0.6 is 0 Å². The number of anilines is 1. The fourth-order valence-electron chi connectivity index (χ4n) is 3.39. The van der Waals surface area contributed by atoms with Crippen molar-refractivity contribution in [3.63, 3.8) is 0 Å². The molecule has 2 aliphatic heterocycles. The predicted octanol–water partition coefficient (Wildman–Crippen LogP) is 4.15. The molecular weight excluding hydrogens is 335 g/mol. The Labute approximate surface area is 153 Å². The summed E-state index contributed by atoms with van der Waals surface area (Å²) in [6, 6.07) is 1.68. The third-order valence-electron chi connectivity index (χ3n) is 4.56. The molecule has 0 saturated heterocycles. The summed E-state index contributed by atoms with van der Waals surface area (Å²) >= 11 is 0. The summed E-state index contributed by atoms with van der Waals surface area (Å²) in [5.74, 6) is 0.183. The van der Waals surface area contributed by atoms with Crippen molar-refractivity contribution in [3.05, 3.63) is 29.1 Å². The first-order valence-electron chi connectivity index (χ1n) is 9.17. The molecule has 2 heterocycles. The lowest BCUT2D eigenvalue weighted by Crippen LogP contribution is -2.37. The van der Waals surface area contributed by atoms with Crippen LogP contribution in [0, 0.1) is 5.82 Å². The number of nitrogen functional groups attached to an aromatic ring is 1. The van der Waals surface area contributed by atoms with Gasteiger partial charge in [-0.15, -0.1) is 0 Å². The zero-order valence-corrected chi connectivity index (χ0v) is 15.7. The minimum absolute atomic E-state index is 0.151. The quantitative estimate of drug-likeness (QED) is 0.763. The van der Waals surface area contributed by atoms with Gasteiger partial charge in [-0.2, -0.15) is 0 Å². The summed E-state index contributed by atoms with van der Waals surface area (Å²) < 4.78 is 26.1. The van der Waals surface area contributed by atoms with Crippen LogP contribution < -0.4 is 10.5 Å². The maximum Gasteiger partial charge on any atom is 0.410 e. The van der Waals surface area contributed by atoms with E-state index in [0.717, 1.165) is 30.4 Å². The van der Waals surface area contributed by atoms with Crippen molar-refractivity contribution in [2.24, 2.45) is 0 Å². The van der Waals surface area contributed by atoms with Crippen molar-refractivity contribution in [2.45, 2.75) is 52.1 Å². The van der Waals surface area contributed by atoms with E-state index in [0.29, 0.717) is 37.4 Å². The number of benzene rings is 1. The van der Waals surface area contributed by atoms with E-state index < -0.39 is 11.4 Å². The van der Waals surface area contributed by atoms with Crippen LogP contribution in [0.2, 0.25) is 0 Å². The van der Waals surface area contributed by atoms with Crippen LogP contribution in [0.4, 0.5) is 14.9 Å². The molecule has 0 radical (unpaired) electrons. The Bertz CT molecular complexity index is 738. The Morgan fingerprint density at radius 2 is 2.08 bits per heavy atom. The molecule has 1 amide bonds. The van der Waals surface area contributed by atoms with Gasteiger partial charge in [0, 0.05) is 13.1 Å². The molecule has 1 aromatic carbocycles. The summed E-state index contributed by atoms with van der Waals surface area (Å²) in [7, 11) is 0. The van der Waals surface area contributed by atoms with Gasteiger partial charge in [0.1, 0.15) is 11.4 Å². The number of halogens is 1. The Balaban J connectivity index is 1.89. The van der Waals surface area contributed by atoms with Crippen molar-refractivity contribution in [2.75, 3.05) is 25.4 Å². The van der Waals surface area contributed by atoms with Gasteiger partial charge in [-0.25, -0.2) is 9.18 Å². The zero-order valence-electron chi connectivity index (χ0n) is 15.7. The number of nitrogens with two attached hydrogens (primary N) is 1. The third-order valence-corrected chi connectivity index (χ3v) is 4.56. The molecule has 2 N–H and O–H groups in total. The van der Waals surface area contributed by atoms with Gasteiger partial charge in [-0.3, -0.25) is 0 Å². The van der Waals surface area contributed by atoms with Crippen LogP contribution in [-0.2, 0) is 11.2 Å². The van der Waals surface area contributed by atoms with Crippen molar-refractivity contribution in [1.29, 1.82) is 0 Å². The lowest BCUT2D eigenvalue weighted by Gasteiger charge is -2.25. The zero-order chi connectivity index (χ0) is 18.9. The SMILES string of the molecule is CC(C)(C)OC(=O)N1CC=C(c2c(F)c(N)cc3c2OCCC3)CCC1. The number of carbonyl (C=O) groups excluding carboxylic acids is 1. The van der Waals surface area contributed by atoms with E-state index in [1.807, 2.05) is 26.8 Å². The number of amides is 1. The number of carbonyl (C=O) groups is 1. The molecule has 2 aliphatic rings. The molecule has 26 heavy (non-hydrogen) atoms. The van der Waals surface area contributed by atoms with E-state index >= 15 is 0 Å². The molecule has 142 valence electrons. The summed E-state index contributed by atoms with van der Waals surface area (Å²) in [5.41, 5.74) is 7.77. The standard InChI is InChI=1S/C20H27FN2O3/c1-20(2,3)26-19(24)23-9-4-6-13(8-10-23)16-17(21)15(22)12-14-7-5-11-25-18(14)16/h8,12H,4-7,9-11,22H2,1-3H3. The second kappa shape index (κ2) is 7.17.